The van der Waals surface area contributed by atoms with Crippen molar-refractivity contribution in [2.24, 2.45) is 0 Å². The molecule has 0 spiro atoms. The predicted octanol–water partition coefficient (Wildman–Crippen LogP) is 2.72. The standard InChI is InChI=1S/C12H11N3O6/c1-20-11-4-2-8(14(16)17)6-10(11)13-7-9-3-5-12(21-9)15(18)19/h2-6,13H,7H2,1H3. The molecule has 0 aliphatic rings. The lowest BCUT2D eigenvalue weighted by molar-refractivity contribution is -0.402. The van der Waals surface area contributed by atoms with Crippen LogP contribution in [0.2, 0.25) is 0 Å². The Morgan fingerprint density at radius 2 is 1.95 bits per heavy atom. The lowest BCUT2D eigenvalue weighted by Gasteiger charge is -2.09. The fourth-order valence-corrected chi connectivity index (χ4v) is 1.69. The molecular formula is C12H11N3O6. The molecule has 9 nitrogen and oxygen atoms in total. The van der Waals surface area contributed by atoms with E-state index < -0.39 is 9.85 Å². The number of non-ortho nitro benzene ring substituents is 1. The summed E-state index contributed by atoms with van der Waals surface area (Å²) in [4.78, 5) is 20.1. The smallest absolute Gasteiger partial charge is 0.433 e. The zero-order chi connectivity index (χ0) is 15.4. The van der Waals surface area contributed by atoms with Crippen molar-refractivity contribution in [2.75, 3.05) is 12.4 Å². The van der Waals surface area contributed by atoms with Gasteiger partial charge >= 0.3 is 5.88 Å². The summed E-state index contributed by atoms with van der Waals surface area (Å²) in [6.45, 7) is 0.130. The average molecular weight is 293 g/mol. The van der Waals surface area contributed by atoms with E-state index in [9.17, 15) is 20.2 Å². The first-order valence-corrected chi connectivity index (χ1v) is 5.80. The van der Waals surface area contributed by atoms with E-state index in [1.54, 1.807) is 0 Å². The maximum Gasteiger partial charge on any atom is 0.433 e. The summed E-state index contributed by atoms with van der Waals surface area (Å²) in [6.07, 6.45) is 0. The third-order valence-electron chi connectivity index (χ3n) is 2.67. The molecule has 1 heterocycles. The number of nitrogens with zero attached hydrogens (tertiary/aromatic N) is 2. The minimum atomic E-state index is -0.641. The maximum absolute atomic E-state index is 10.7. The minimum absolute atomic E-state index is 0.0938. The summed E-state index contributed by atoms with van der Waals surface area (Å²) < 4.78 is 10.1. The van der Waals surface area contributed by atoms with E-state index >= 15 is 0 Å². The van der Waals surface area contributed by atoms with Crippen molar-refractivity contribution in [1.29, 1.82) is 0 Å². The van der Waals surface area contributed by atoms with Crippen molar-refractivity contribution in [3.8, 4) is 5.75 Å². The molecule has 0 radical (unpaired) electrons. The topological polar surface area (TPSA) is 121 Å². The minimum Gasteiger partial charge on any atom is -0.495 e. The molecule has 0 saturated heterocycles. The van der Waals surface area contributed by atoms with E-state index in [1.165, 1.54) is 37.4 Å². The fraction of sp³-hybridized carbons (Fsp3) is 0.167. The van der Waals surface area contributed by atoms with Crippen LogP contribution < -0.4 is 10.1 Å². The normalized spacial score (nSPS) is 10.1. The molecule has 0 amide bonds. The Labute approximate surface area is 118 Å². The largest absolute Gasteiger partial charge is 0.495 e. The summed E-state index contributed by atoms with van der Waals surface area (Å²) in [5.74, 6) is 0.384. The van der Waals surface area contributed by atoms with Crippen molar-refractivity contribution in [3.05, 3.63) is 56.3 Å². The van der Waals surface area contributed by atoms with Gasteiger partial charge < -0.3 is 14.5 Å². The number of rotatable bonds is 6. The van der Waals surface area contributed by atoms with Crippen LogP contribution >= 0.6 is 0 Å². The number of hydrogen-bond donors (Lipinski definition) is 1. The van der Waals surface area contributed by atoms with Crippen LogP contribution in [-0.4, -0.2) is 17.0 Å². The number of methoxy groups -OCH3 is 1. The molecule has 1 aromatic heterocycles. The molecule has 0 fully saturated rings. The lowest BCUT2D eigenvalue weighted by Crippen LogP contribution is -2.01. The van der Waals surface area contributed by atoms with Crippen LogP contribution in [0.5, 0.6) is 5.75 Å². The van der Waals surface area contributed by atoms with Crippen molar-refractivity contribution in [3.63, 3.8) is 0 Å². The zero-order valence-electron chi connectivity index (χ0n) is 10.9. The summed E-state index contributed by atoms with van der Waals surface area (Å²) in [5, 5.41) is 24.1. The molecule has 1 aromatic carbocycles. The zero-order valence-corrected chi connectivity index (χ0v) is 10.9. The van der Waals surface area contributed by atoms with Gasteiger partial charge in [0.25, 0.3) is 5.69 Å². The number of benzene rings is 1. The SMILES string of the molecule is COc1ccc([N+](=O)[O-])cc1NCc1ccc([N+](=O)[O-])o1. The van der Waals surface area contributed by atoms with Gasteiger partial charge in [0.2, 0.25) is 0 Å². The van der Waals surface area contributed by atoms with E-state index in [1.807, 2.05) is 0 Å². The van der Waals surface area contributed by atoms with Gasteiger partial charge in [-0.1, -0.05) is 0 Å². The van der Waals surface area contributed by atoms with Crippen LogP contribution in [0.4, 0.5) is 17.3 Å². The van der Waals surface area contributed by atoms with Crippen molar-refractivity contribution in [2.45, 2.75) is 6.54 Å². The highest BCUT2D eigenvalue weighted by molar-refractivity contribution is 5.61. The van der Waals surface area contributed by atoms with Gasteiger partial charge in [0.05, 0.1) is 30.3 Å². The highest BCUT2D eigenvalue weighted by atomic mass is 16.6. The summed E-state index contributed by atoms with van der Waals surface area (Å²) in [7, 11) is 1.43. The highest BCUT2D eigenvalue weighted by Crippen LogP contribution is 2.29. The number of anilines is 1. The first kappa shape index (κ1) is 14.3. The van der Waals surface area contributed by atoms with Crippen LogP contribution in [0.15, 0.2) is 34.7 Å². The Balaban J connectivity index is 2.15. The van der Waals surface area contributed by atoms with Gasteiger partial charge in [-0.15, -0.1) is 0 Å². The molecule has 1 N–H and O–H groups in total. The number of nitrogens with one attached hydrogen (secondary N) is 1. The van der Waals surface area contributed by atoms with Crippen LogP contribution in [0.25, 0.3) is 0 Å². The molecular weight excluding hydrogens is 282 g/mol. The van der Waals surface area contributed by atoms with Crippen molar-refractivity contribution in [1.82, 2.24) is 0 Å². The van der Waals surface area contributed by atoms with E-state index in [0.29, 0.717) is 17.2 Å². The number of hydrogen-bond acceptors (Lipinski definition) is 7. The Bertz CT molecular complexity index is 681. The number of furan rings is 1. The summed E-state index contributed by atoms with van der Waals surface area (Å²) in [5.41, 5.74) is 0.300. The van der Waals surface area contributed by atoms with Gasteiger partial charge in [0.1, 0.15) is 16.4 Å². The maximum atomic E-state index is 10.7. The summed E-state index contributed by atoms with van der Waals surface area (Å²) in [6, 6.07) is 6.79. The second kappa shape index (κ2) is 5.90. The Morgan fingerprint density at radius 1 is 1.19 bits per heavy atom. The second-order valence-corrected chi connectivity index (χ2v) is 3.99. The summed E-state index contributed by atoms with van der Waals surface area (Å²) >= 11 is 0. The highest BCUT2D eigenvalue weighted by Gasteiger charge is 2.14. The molecule has 2 rings (SSSR count). The molecule has 0 aliphatic carbocycles. The van der Waals surface area contributed by atoms with Crippen molar-refractivity contribution < 1.29 is 19.0 Å². The molecule has 110 valence electrons. The molecule has 0 saturated carbocycles. The first-order chi connectivity index (χ1) is 10.0. The number of ether oxygens (including phenoxy) is 1. The van der Waals surface area contributed by atoms with Gasteiger partial charge in [-0.3, -0.25) is 20.2 Å². The molecule has 0 bridgehead atoms. The predicted molar refractivity (Wildman–Crippen MR) is 72.3 cm³/mol. The fourth-order valence-electron chi connectivity index (χ4n) is 1.69. The van der Waals surface area contributed by atoms with E-state index in [0.717, 1.165) is 0 Å². The third kappa shape index (κ3) is 3.26. The number of nitro benzene ring substituents is 1. The monoisotopic (exact) mass is 293 g/mol. The van der Waals surface area contributed by atoms with E-state index in [2.05, 4.69) is 5.32 Å². The molecule has 0 unspecified atom stereocenters. The van der Waals surface area contributed by atoms with Gasteiger partial charge in [-0.2, -0.15) is 0 Å². The van der Waals surface area contributed by atoms with Gasteiger partial charge in [0, 0.05) is 12.1 Å². The molecule has 2 aromatic rings. The Kier molecular flexibility index (Phi) is 4.02. The van der Waals surface area contributed by atoms with Crippen LogP contribution in [0, 0.1) is 20.2 Å². The molecule has 0 aliphatic heterocycles. The van der Waals surface area contributed by atoms with Gasteiger partial charge in [-0.05, 0) is 12.1 Å². The van der Waals surface area contributed by atoms with Crippen LogP contribution in [0.1, 0.15) is 5.76 Å². The number of nitro groups is 2. The van der Waals surface area contributed by atoms with Gasteiger partial charge in [0.15, 0.2) is 0 Å². The Morgan fingerprint density at radius 3 is 2.52 bits per heavy atom. The Hall–Kier alpha value is -3.10. The van der Waals surface area contributed by atoms with E-state index in [-0.39, 0.29) is 18.1 Å². The quantitative estimate of drug-likeness (QED) is 0.641. The molecule has 21 heavy (non-hydrogen) atoms. The van der Waals surface area contributed by atoms with E-state index in [4.69, 9.17) is 9.15 Å². The van der Waals surface area contributed by atoms with Crippen molar-refractivity contribution >= 4 is 17.3 Å². The molecule has 9 heteroatoms. The van der Waals surface area contributed by atoms with Crippen LogP contribution in [-0.2, 0) is 6.54 Å². The molecule has 0 atom stereocenters. The van der Waals surface area contributed by atoms with Crippen LogP contribution in [0.3, 0.4) is 0 Å². The van der Waals surface area contributed by atoms with Gasteiger partial charge in [-0.25, -0.2) is 0 Å². The average Bonchev–Trinajstić information content (AvgIpc) is 2.93. The third-order valence-corrected chi connectivity index (χ3v) is 2.67. The lowest BCUT2D eigenvalue weighted by atomic mass is 10.2. The second-order valence-electron chi connectivity index (χ2n) is 3.99. The first-order valence-electron chi connectivity index (χ1n) is 5.80.